The standard InChI is InChI=1S/C23H20N6OS/c1-3-9-18(16(7-1)23-28-17-8-2-4-10-19(17)31-23)30-12-15-6-5-11-29(15)22-20-21(25-13-24-20)26-14-27-22/h1-4,7-10,13-15H,5-6,11-12H2,(H,24,25,26,27)/t15-/m1/s1. The fraction of sp³-hybridized carbons (Fsp3) is 0.217. The second-order valence-corrected chi connectivity index (χ2v) is 8.61. The van der Waals surface area contributed by atoms with Gasteiger partial charge in [0.25, 0.3) is 0 Å². The van der Waals surface area contributed by atoms with E-state index in [0.717, 1.165) is 58.2 Å². The van der Waals surface area contributed by atoms with Crippen LogP contribution in [0.4, 0.5) is 5.82 Å². The molecule has 1 aliphatic rings. The fourth-order valence-corrected chi connectivity index (χ4v) is 5.19. The highest BCUT2D eigenvalue weighted by Gasteiger charge is 2.28. The highest BCUT2D eigenvalue weighted by molar-refractivity contribution is 7.21. The Bertz CT molecular complexity index is 1330. The largest absolute Gasteiger partial charge is 0.491 e. The van der Waals surface area contributed by atoms with Gasteiger partial charge in [-0.25, -0.2) is 19.9 Å². The molecule has 0 bridgehead atoms. The van der Waals surface area contributed by atoms with Gasteiger partial charge in [-0.2, -0.15) is 0 Å². The number of nitrogens with one attached hydrogen (secondary N) is 1. The van der Waals surface area contributed by atoms with Gasteiger partial charge < -0.3 is 14.6 Å². The highest BCUT2D eigenvalue weighted by Crippen LogP contribution is 2.36. The molecule has 7 nitrogen and oxygen atoms in total. The Balaban J connectivity index is 1.27. The summed E-state index contributed by atoms with van der Waals surface area (Å²) in [7, 11) is 0. The van der Waals surface area contributed by atoms with Crippen LogP contribution in [0.5, 0.6) is 5.75 Å². The van der Waals surface area contributed by atoms with Crippen LogP contribution < -0.4 is 9.64 Å². The molecule has 154 valence electrons. The molecule has 4 heterocycles. The molecular formula is C23H20N6OS. The number of nitrogens with zero attached hydrogens (tertiary/aromatic N) is 5. The first-order chi connectivity index (χ1) is 15.4. The molecule has 1 saturated heterocycles. The normalized spacial score (nSPS) is 16.4. The van der Waals surface area contributed by atoms with Gasteiger partial charge in [0.1, 0.15) is 29.2 Å². The maximum absolute atomic E-state index is 6.37. The van der Waals surface area contributed by atoms with Crippen molar-refractivity contribution >= 4 is 38.5 Å². The van der Waals surface area contributed by atoms with Crippen LogP contribution in [0, 0.1) is 0 Å². The summed E-state index contributed by atoms with van der Waals surface area (Å²) in [5.41, 5.74) is 3.62. The number of rotatable bonds is 5. The predicted molar refractivity (Wildman–Crippen MR) is 123 cm³/mol. The lowest BCUT2D eigenvalue weighted by molar-refractivity contribution is 0.289. The Morgan fingerprint density at radius 2 is 1.97 bits per heavy atom. The molecule has 0 saturated carbocycles. The Labute approximate surface area is 182 Å². The van der Waals surface area contributed by atoms with Gasteiger partial charge in [-0.1, -0.05) is 24.3 Å². The molecule has 1 aliphatic heterocycles. The summed E-state index contributed by atoms with van der Waals surface area (Å²) in [6.45, 7) is 1.52. The summed E-state index contributed by atoms with van der Waals surface area (Å²) in [4.78, 5) is 23.4. The van der Waals surface area contributed by atoms with Crippen LogP contribution in [0.1, 0.15) is 12.8 Å². The summed E-state index contributed by atoms with van der Waals surface area (Å²) in [6.07, 6.45) is 5.41. The van der Waals surface area contributed by atoms with Gasteiger partial charge in [0.2, 0.25) is 0 Å². The Morgan fingerprint density at radius 1 is 1.06 bits per heavy atom. The summed E-state index contributed by atoms with van der Waals surface area (Å²) in [5.74, 6) is 1.73. The van der Waals surface area contributed by atoms with Crippen LogP contribution in [0.15, 0.2) is 61.2 Å². The number of benzene rings is 2. The molecule has 0 radical (unpaired) electrons. The Kier molecular flexibility index (Phi) is 4.49. The van der Waals surface area contributed by atoms with Crippen LogP contribution in [-0.2, 0) is 0 Å². The summed E-state index contributed by atoms with van der Waals surface area (Å²) < 4.78 is 7.55. The van der Waals surface area contributed by atoms with Crippen molar-refractivity contribution in [1.82, 2.24) is 24.9 Å². The quantitative estimate of drug-likeness (QED) is 0.438. The molecule has 31 heavy (non-hydrogen) atoms. The molecule has 1 atom stereocenters. The number of hydrogen-bond donors (Lipinski definition) is 1. The lowest BCUT2D eigenvalue weighted by Gasteiger charge is -2.26. The van der Waals surface area contributed by atoms with Gasteiger partial charge >= 0.3 is 0 Å². The number of para-hydroxylation sites is 2. The first-order valence-electron chi connectivity index (χ1n) is 10.4. The van der Waals surface area contributed by atoms with Gasteiger partial charge in [-0.05, 0) is 37.1 Å². The average molecular weight is 429 g/mol. The Morgan fingerprint density at radius 3 is 2.94 bits per heavy atom. The van der Waals surface area contributed by atoms with Crippen molar-refractivity contribution < 1.29 is 4.74 Å². The fourth-order valence-electron chi connectivity index (χ4n) is 4.19. The minimum absolute atomic E-state index is 0.234. The first kappa shape index (κ1) is 18.3. The maximum atomic E-state index is 6.37. The molecule has 0 amide bonds. The van der Waals surface area contributed by atoms with Gasteiger partial charge in [-0.15, -0.1) is 11.3 Å². The number of thiazole rings is 1. The number of imidazole rings is 1. The zero-order valence-electron chi connectivity index (χ0n) is 16.7. The topological polar surface area (TPSA) is 79.8 Å². The van der Waals surface area contributed by atoms with E-state index in [4.69, 9.17) is 9.72 Å². The van der Waals surface area contributed by atoms with Gasteiger partial charge in [0, 0.05) is 6.54 Å². The molecule has 2 aromatic carbocycles. The predicted octanol–water partition coefficient (Wildman–Crippen LogP) is 4.68. The first-order valence-corrected chi connectivity index (χ1v) is 11.2. The minimum atomic E-state index is 0.234. The van der Waals surface area contributed by atoms with E-state index >= 15 is 0 Å². The molecule has 6 rings (SSSR count). The highest BCUT2D eigenvalue weighted by atomic mass is 32.1. The zero-order valence-corrected chi connectivity index (χ0v) is 17.5. The average Bonchev–Trinajstić information content (AvgIpc) is 3.56. The molecule has 0 spiro atoms. The van der Waals surface area contributed by atoms with E-state index in [1.54, 1.807) is 24.0 Å². The van der Waals surface area contributed by atoms with E-state index in [-0.39, 0.29) is 6.04 Å². The third-order valence-electron chi connectivity index (χ3n) is 5.69. The van der Waals surface area contributed by atoms with Crippen LogP contribution in [0.2, 0.25) is 0 Å². The van der Waals surface area contributed by atoms with Crippen molar-refractivity contribution in [3.63, 3.8) is 0 Å². The van der Waals surface area contributed by atoms with Crippen LogP contribution >= 0.6 is 11.3 Å². The number of hydrogen-bond acceptors (Lipinski definition) is 7. The number of fused-ring (bicyclic) bond motifs is 2. The second kappa shape index (κ2) is 7.63. The van der Waals surface area contributed by atoms with Crippen molar-refractivity contribution in [1.29, 1.82) is 0 Å². The minimum Gasteiger partial charge on any atom is -0.491 e. The SMILES string of the molecule is c1ccc(-c2nc3ccccc3s2)c(OC[C@H]2CCCN2c2ncnc3[nH]cnc23)c1. The van der Waals surface area contributed by atoms with E-state index in [1.165, 1.54) is 4.70 Å². The number of ether oxygens (including phenoxy) is 1. The van der Waals surface area contributed by atoms with Crippen molar-refractivity contribution in [2.24, 2.45) is 0 Å². The van der Waals surface area contributed by atoms with Gasteiger partial charge in [-0.3, -0.25) is 0 Å². The molecule has 3 aromatic heterocycles. The molecule has 8 heteroatoms. The van der Waals surface area contributed by atoms with Crippen LogP contribution in [-0.4, -0.2) is 44.1 Å². The monoisotopic (exact) mass is 428 g/mol. The lowest BCUT2D eigenvalue weighted by atomic mass is 10.2. The third kappa shape index (κ3) is 3.29. The van der Waals surface area contributed by atoms with Crippen molar-refractivity contribution in [3.8, 4) is 16.3 Å². The summed E-state index contributed by atoms with van der Waals surface area (Å²) >= 11 is 1.69. The number of anilines is 1. The summed E-state index contributed by atoms with van der Waals surface area (Å²) in [6, 6.07) is 16.6. The number of H-pyrrole nitrogens is 1. The molecular weight excluding hydrogens is 408 g/mol. The van der Waals surface area contributed by atoms with Gasteiger partial charge in [0.05, 0.1) is 28.1 Å². The van der Waals surface area contributed by atoms with E-state index in [9.17, 15) is 0 Å². The molecule has 1 fully saturated rings. The molecule has 5 aromatic rings. The smallest absolute Gasteiger partial charge is 0.162 e. The third-order valence-corrected chi connectivity index (χ3v) is 6.76. The van der Waals surface area contributed by atoms with Crippen molar-refractivity contribution in [2.45, 2.75) is 18.9 Å². The van der Waals surface area contributed by atoms with E-state index in [2.05, 4.69) is 37.0 Å². The van der Waals surface area contributed by atoms with Crippen LogP contribution in [0.25, 0.3) is 32.0 Å². The molecule has 0 unspecified atom stereocenters. The Hall–Kier alpha value is -3.52. The molecule has 1 N–H and O–H groups in total. The number of aromatic amines is 1. The van der Waals surface area contributed by atoms with E-state index in [0.29, 0.717) is 6.61 Å². The van der Waals surface area contributed by atoms with E-state index in [1.807, 2.05) is 36.4 Å². The number of aromatic nitrogens is 5. The second-order valence-electron chi connectivity index (χ2n) is 7.58. The van der Waals surface area contributed by atoms with Crippen LogP contribution in [0.3, 0.4) is 0 Å². The van der Waals surface area contributed by atoms with Crippen molar-refractivity contribution in [2.75, 3.05) is 18.1 Å². The lowest BCUT2D eigenvalue weighted by Crippen LogP contribution is -2.35. The molecule has 0 aliphatic carbocycles. The maximum Gasteiger partial charge on any atom is 0.162 e. The van der Waals surface area contributed by atoms with Crippen molar-refractivity contribution in [3.05, 3.63) is 61.2 Å². The van der Waals surface area contributed by atoms with E-state index < -0.39 is 0 Å². The summed E-state index contributed by atoms with van der Waals surface area (Å²) in [5, 5.41) is 0.981. The zero-order chi connectivity index (χ0) is 20.6. The van der Waals surface area contributed by atoms with Gasteiger partial charge in [0.15, 0.2) is 11.5 Å².